The highest BCUT2D eigenvalue weighted by Gasteiger charge is 2.10. The number of aliphatic hydroxyl groups excluding tert-OH is 1. The third-order valence-electron chi connectivity index (χ3n) is 2.03. The van der Waals surface area contributed by atoms with E-state index in [4.69, 9.17) is 0 Å². The Bertz CT molecular complexity index is 348. The first-order valence-electron chi connectivity index (χ1n) is 5.00. The van der Waals surface area contributed by atoms with Crippen molar-refractivity contribution in [1.29, 1.82) is 0 Å². The van der Waals surface area contributed by atoms with Gasteiger partial charge in [0, 0.05) is 6.42 Å². The number of rotatable bonds is 4. The van der Waals surface area contributed by atoms with Crippen molar-refractivity contribution in [2.45, 2.75) is 26.4 Å². The van der Waals surface area contributed by atoms with Crippen LogP contribution in [0.1, 0.15) is 31.9 Å². The Balaban J connectivity index is 2.61. The number of benzene rings is 1. The van der Waals surface area contributed by atoms with Gasteiger partial charge in [-0.25, -0.2) is 0 Å². The zero-order valence-corrected chi connectivity index (χ0v) is 9.10. The Morgan fingerprint density at radius 1 is 1.33 bits per heavy atom. The molecule has 0 amide bonds. The van der Waals surface area contributed by atoms with Gasteiger partial charge >= 0.3 is 0 Å². The molecule has 2 nitrogen and oxygen atoms in total. The number of hydrogen-bond donors (Lipinski definition) is 1. The van der Waals surface area contributed by atoms with Gasteiger partial charge in [-0.05, 0) is 25.5 Å². The summed E-state index contributed by atoms with van der Waals surface area (Å²) in [5.74, 6) is -0.0358. The SMILES string of the molecule is CC(C)=CC(=O)CC(O)c1ccccc1. The molecular weight excluding hydrogens is 188 g/mol. The first kappa shape index (κ1) is 11.7. The molecule has 0 spiro atoms. The van der Waals surface area contributed by atoms with Crippen LogP contribution in [0, 0.1) is 0 Å². The van der Waals surface area contributed by atoms with E-state index in [9.17, 15) is 9.90 Å². The lowest BCUT2D eigenvalue weighted by atomic mass is 10.0. The maximum absolute atomic E-state index is 11.4. The normalized spacial score (nSPS) is 11.9. The van der Waals surface area contributed by atoms with Gasteiger partial charge in [-0.15, -0.1) is 0 Å². The standard InChI is InChI=1S/C13H16O2/c1-10(2)8-12(14)9-13(15)11-6-4-3-5-7-11/h3-8,13,15H,9H2,1-2H3. The summed E-state index contributed by atoms with van der Waals surface area (Å²) in [4.78, 5) is 11.4. The Hall–Kier alpha value is -1.41. The Morgan fingerprint density at radius 3 is 2.47 bits per heavy atom. The molecule has 0 radical (unpaired) electrons. The van der Waals surface area contributed by atoms with E-state index in [1.54, 1.807) is 6.08 Å². The van der Waals surface area contributed by atoms with Crippen LogP contribution in [0.5, 0.6) is 0 Å². The molecule has 0 bridgehead atoms. The first-order valence-corrected chi connectivity index (χ1v) is 5.00. The number of allylic oxidation sites excluding steroid dienone is 2. The van der Waals surface area contributed by atoms with Crippen molar-refractivity contribution in [3.63, 3.8) is 0 Å². The fourth-order valence-electron chi connectivity index (χ4n) is 1.36. The van der Waals surface area contributed by atoms with Gasteiger partial charge < -0.3 is 5.11 Å². The smallest absolute Gasteiger partial charge is 0.158 e. The van der Waals surface area contributed by atoms with E-state index < -0.39 is 6.10 Å². The van der Waals surface area contributed by atoms with Crippen molar-refractivity contribution in [3.8, 4) is 0 Å². The lowest BCUT2D eigenvalue weighted by molar-refractivity contribution is -0.116. The zero-order chi connectivity index (χ0) is 11.3. The number of aliphatic hydroxyl groups is 1. The minimum Gasteiger partial charge on any atom is -0.388 e. The zero-order valence-electron chi connectivity index (χ0n) is 9.10. The van der Waals surface area contributed by atoms with Gasteiger partial charge in [0.2, 0.25) is 0 Å². The van der Waals surface area contributed by atoms with Gasteiger partial charge in [-0.2, -0.15) is 0 Å². The highest BCUT2D eigenvalue weighted by molar-refractivity contribution is 5.90. The van der Waals surface area contributed by atoms with Gasteiger partial charge in [-0.1, -0.05) is 35.9 Å². The van der Waals surface area contributed by atoms with Gasteiger partial charge in [0.25, 0.3) is 0 Å². The van der Waals surface area contributed by atoms with Crippen molar-refractivity contribution in [2.24, 2.45) is 0 Å². The van der Waals surface area contributed by atoms with Crippen molar-refractivity contribution in [2.75, 3.05) is 0 Å². The van der Waals surface area contributed by atoms with E-state index in [-0.39, 0.29) is 12.2 Å². The second-order valence-corrected chi connectivity index (χ2v) is 3.82. The highest BCUT2D eigenvalue weighted by atomic mass is 16.3. The molecule has 0 aliphatic carbocycles. The molecular formula is C13H16O2. The predicted molar refractivity (Wildman–Crippen MR) is 60.5 cm³/mol. The van der Waals surface area contributed by atoms with E-state index in [1.807, 2.05) is 44.2 Å². The van der Waals surface area contributed by atoms with Crippen LogP contribution in [-0.4, -0.2) is 10.9 Å². The lowest BCUT2D eigenvalue weighted by Crippen LogP contribution is -2.04. The molecule has 1 atom stereocenters. The molecule has 2 heteroatoms. The Kier molecular flexibility index (Phi) is 4.25. The molecule has 1 aromatic carbocycles. The Labute approximate surface area is 90.3 Å². The maximum atomic E-state index is 11.4. The summed E-state index contributed by atoms with van der Waals surface area (Å²) in [5, 5.41) is 9.75. The summed E-state index contributed by atoms with van der Waals surface area (Å²) in [7, 11) is 0. The molecule has 0 aromatic heterocycles. The number of hydrogen-bond acceptors (Lipinski definition) is 2. The molecule has 0 heterocycles. The second-order valence-electron chi connectivity index (χ2n) is 3.82. The summed E-state index contributed by atoms with van der Waals surface area (Å²) < 4.78 is 0. The summed E-state index contributed by atoms with van der Waals surface area (Å²) in [6, 6.07) is 9.23. The van der Waals surface area contributed by atoms with Crippen LogP contribution in [0.3, 0.4) is 0 Å². The van der Waals surface area contributed by atoms with Crippen molar-refractivity contribution < 1.29 is 9.90 Å². The average Bonchev–Trinajstić information content (AvgIpc) is 2.17. The van der Waals surface area contributed by atoms with Crippen LogP contribution in [0.4, 0.5) is 0 Å². The van der Waals surface area contributed by atoms with Crippen LogP contribution in [0.15, 0.2) is 42.0 Å². The Morgan fingerprint density at radius 2 is 1.93 bits per heavy atom. The molecule has 0 aliphatic heterocycles. The maximum Gasteiger partial charge on any atom is 0.158 e. The van der Waals surface area contributed by atoms with E-state index in [0.29, 0.717) is 0 Å². The van der Waals surface area contributed by atoms with Gasteiger partial charge in [0.05, 0.1) is 6.10 Å². The summed E-state index contributed by atoms with van der Waals surface area (Å²) in [5.41, 5.74) is 1.74. The average molecular weight is 204 g/mol. The van der Waals surface area contributed by atoms with E-state index in [1.165, 1.54) is 0 Å². The quantitative estimate of drug-likeness (QED) is 0.765. The monoisotopic (exact) mass is 204 g/mol. The summed E-state index contributed by atoms with van der Waals surface area (Å²) >= 11 is 0. The molecule has 0 saturated heterocycles. The third-order valence-corrected chi connectivity index (χ3v) is 2.03. The van der Waals surface area contributed by atoms with Gasteiger partial charge in [0.1, 0.15) is 0 Å². The molecule has 0 saturated carbocycles. The fraction of sp³-hybridized carbons (Fsp3) is 0.308. The molecule has 1 rings (SSSR count). The van der Waals surface area contributed by atoms with Crippen LogP contribution in [-0.2, 0) is 4.79 Å². The molecule has 15 heavy (non-hydrogen) atoms. The minimum atomic E-state index is -0.700. The molecule has 0 fully saturated rings. The third kappa shape index (κ3) is 4.09. The van der Waals surface area contributed by atoms with Crippen LogP contribution < -0.4 is 0 Å². The van der Waals surface area contributed by atoms with E-state index >= 15 is 0 Å². The largest absolute Gasteiger partial charge is 0.388 e. The minimum absolute atomic E-state index is 0.0358. The van der Waals surface area contributed by atoms with Crippen molar-refractivity contribution in [1.82, 2.24) is 0 Å². The molecule has 1 unspecified atom stereocenters. The molecule has 80 valence electrons. The molecule has 1 N–H and O–H groups in total. The molecule has 1 aromatic rings. The molecule has 0 aliphatic rings. The summed E-state index contributed by atoms with van der Waals surface area (Å²) in [6.07, 6.45) is 1.01. The number of ketones is 1. The number of carbonyl (C=O) groups is 1. The van der Waals surface area contributed by atoms with E-state index in [2.05, 4.69) is 0 Å². The fourth-order valence-corrected chi connectivity index (χ4v) is 1.36. The topological polar surface area (TPSA) is 37.3 Å². The lowest BCUT2D eigenvalue weighted by Gasteiger charge is -2.08. The van der Waals surface area contributed by atoms with E-state index in [0.717, 1.165) is 11.1 Å². The van der Waals surface area contributed by atoms with Gasteiger partial charge in [-0.3, -0.25) is 4.79 Å². The van der Waals surface area contributed by atoms with Crippen LogP contribution in [0.25, 0.3) is 0 Å². The van der Waals surface area contributed by atoms with Crippen molar-refractivity contribution >= 4 is 5.78 Å². The van der Waals surface area contributed by atoms with Crippen LogP contribution in [0.2, 0.25) is 0 Å². The summed E-state index contributed by atoms with van der Waals surface area (Å²) in [6.45, 7) is 3.74. The predicted octanol–water partition coefficient (Wildman–Crippen LogP) is 2.65. The van der Waals surface area contributed by atoms with Crippen LogP contribution >= 0.6 is 0 Å². The van der Waals surface area contributed by atoms with Crippen molar-refractivity contribution in [3.05, 3.63) is 47.5 Å². The second kappa shape index (κ2) is 5.47. The number of carbonyl (C=O) groups excluding carboxylic acids is 1. The first-order chi connectivity index (χ1) is 7.09. The highest BCUT2D eigenvalue weighted by Crippen LogP contribution is 2.16. The van der Waals surface area contributed by atoms with Gasteiger partial charge in [0.15, 0.2) is 5.78 Å².